The van der Waals surface area contributed by atoms with Crippen molar-refractivity contribution in [2.24, 2.45) is 0 Å². The van der Waals surface area contributed by atoms with Gasteiger partial charge in [0.25, 0.3) is 0 Å². The summed E-state index contributed by atoms with van der Waals surface area (Å²) in [7, 11) is 5.05. The third-order valence-corrected chi connectivity index (χ3v) is 4.38. The van der Waals surface area contributed by atoms with Gasteiger partial charge in [-0.25, -0.2) is 0 Å². The van der Waals surface area contributed by atoms with Crippen LogP contribution in [0.5, 0.6) is 11.5 Å². The van der Waals surface area contributed by atoms with Crippen molar-refractivity contribution in [3.8, 4) is 11.5 Å². The van der Waals surface area contributed by atoms with Crippen LogP contribution in [0.15, 0.2) is 42.5 Å². The minimum atomic E-state index is -0.190. The summed E-state index contributed by atoms with van der Waals surface area (Å²) in [5.41, 5.74) is 2.38. The van der Waals surface area contributed by atoms with E-state index in [1.165, 1.54) is 4.90 Å². The largest absolute Gasteiger partial charge is 0.493 e. The molecule has 7 nitrogen and oxygen atoms in total. The minimum absolute atomic E-state index is 0.0278. The normalized spacial score (nSPS) is 13.2. The predicted octanol–water partition coefficient (Wildman–Crippen LogP) is 2.12. The molecule has 1 heterocycles. The average molecular weight is 369 g/mol. The number of hydrogen-bond acceptors (Lipinski definition) is 5. The van der Waals surface area contributed by atoms with Crippen molar-refractivity contribution in [2.75, 3.05) is 44.6 Å². The van der Waals surface area contributed by atoms with Crippen molar-refractivity contribution in [1.29, 1.82) is 0 Å². The SMILES string of the molecule is COc1ccc(CN(C)CC(=O)N2CC(=O)Nc3ccccc32)cc1OC. The Morgan fingerprint density at radius 3 is 2.63 bits per heavy atom. The Morgan fingerprint density at radius 2 is 1.89 bits per heavy atom. The second-order valence-corrected chi connectivity index (χ2v) is 6.41. The number of carbonyl (C=O) groups excluding carboxylic acids is 2. The van der Waals surface area contributed by atoms with Gasteiger partial charge in [0.1, 0.15) is 6.54 Å². The number of likely N-dealkylation sites (N-methyl/N-ethyl adjacent to an activating group) is 1. The first-order valence-corrected chi connectivity index (χ1v) is 8.60. The van der Waals surface area contributed by atoms with Crippen LogP contribution in [-0.2, 0) is 16.1 Å². The van der Waals surface area contributed by atoms with Gasteiger partial charge in [-0.3, -0.25) is 19.4 Å². The maximum absolute atomic E-state index is 12.8. The summed E-state index contributed by atoms with van der Waals surface area (Å²) in [6.45, 7) is 0.782. The number of para-hydroxylation sites is 2. The lowest BCUT2D eigenvalue weighted by Gasteiger charge is -2.30. The van der Waals surface area contributed by atoms with Gasteiger partial charge < -0.3 is 14.8 Å². The lowest BCUT2D eigenvalue weighted by atomic mass is 10.1. The van der Waals surface area contributed by atoms with Gasteiger partial charge in [-0.15, -0.1) is 0 Å². The molecule has 0 aliphatic carbocycles. The lowest BCUT2D eigenvalue weighted by molar-refractivity contribution is -0.122. The second-order valence-electron chi connectivity index (χ2n) is 6.41. The molecular weight excluding hydrogens is 346 g/mol. The summed E-state index contributed by atoms with van der Waals surface area (Å²) in [5, 5.41) is 2.79. The Balaban J connectivity index is 1.69. The molecule has 2 aromatic rings. The molecule has 0 fully saturated rings. The van der Waals surface area contributed by atoms with E-state index in [0.717, 1.165) is 11.3 Å². The van der Waals surface area contributed by atoms with E-state index >= 15 is 0 Å². The quantitative estimate of drug-likeness (QED) is 0.845. The van der Waals surface area contributed by atoms with Crippen molar-refractivity contribution >= 4 is 23.2 Å². The maximum Gasteiger partial charge on any atom is 0.244 e. The molecule has 0 radical (unpaired) electrons. The number of nitrogens with zero attached hydrogens (tertiary/aromatic N) is 2. The van der Waals surface area contributed by atoms with Crippen LogP contribution in [0, 0.1) is 0 Å². The predicted molar refractivity (Wildman–Crippen MR) is 103 cm³/mol. The number of fused-ring (bicyclic) bond motifs is 1. The first-order valence-electron chi connectivity index (χ1n) is 8.60. The van der Waals surface area contributed by atoms with E-state index in [0.29, 0.717) is 23.7 Å². The van der Waals surface area contributed by atoms with Gasteiger partial charge in [-0.05, 0) is 36.9 Å². The lowest BCUT2D eigenvalue weighted by Crippen LogP contribution is -2.45. The van der Waals surface area contributed by atoms with Crippen molar-refractivity contribution in [1.82, 2.24) is 4.90 Å². The highest BCUT2D eigenvalue weighted by Crippen LogP contribution is 2.30. The molecule has 1 aliphatic heterocycles. The van der Waals surface area contributed by atoms with Gasteiger partial charge in [0, 0.05) is 6.54 Å². The van der Waals surface area contributed by atoms with E-state index < -0.39 is 0 Å². The van der Waals surface area contributed by atoms with E-state index in [4.69, 9.17) is 9.47 Å². The molecule has 0 unspecified atom stereocenters. The number of rotatable bonds is 6. The van der Waals surface area contributed by atoms with Crippen LogP contribution in [-0.4, -0.2) is 51.1 Å². The molecule has 27 heavy (non-hydrogen) atoms. The Hall–Kier alpha value is -3.06. The number of carbonyl (C=O) groups is 2. The van der Waals surface area contributed by atoms with E-state index in [-0.39, 0.29) is 24.9 Å². The van der Waals surface area contributed by atoms with Crippen LogP contribution in [0.2, 0.25) is 0 Å². The third kappa shape index (κ3) is 4.20. The molecule has 142 valence electrons. The molecule has 1 N–H and O–H groups in total. The summed E-state index contributed by atoms with van der Waals surface area (Å²) in [4.78, 5) is 28.1. The molecule has 7 heteroatoms. The molecular formula is C20H23N3O4. The Bertz CT molecular complexity index is 853. The highest BCUT2D eigenvalue weighted by molar-refractivity contribution is 6.10. The molecule has 2 aromatic carbocycles. The van der Waals surface area contributed by atoms with Gasteiger partial charge >= 0.3 is 0 Å². The fourth-order valence-corrected chi connectivity index (χ4v) is 3.12. The number of benzene rings is 2. The van der Waals surface area contributed by atoms with Gasteiger partial charge in [0.2, 0.25) is 11.8 Å². The Kier molecular flexibility index (Phi) is 5.61. The van der Waals surface area contributed by atoms with Gasteiger partial charge in [-0.1, -0.05) is 18.2 Å². The van der Waals surface area contributed by atoms with Crippen LogP contribution in [0.25, 0.3) is 0 Å². The first-order chi connectivity index (χ1) is 13.0. The highest BCUT2D eigenvalue weighted by atomic mass is 16.5. The number of amides is 2. The van der Waals surface area contributed by atoms with Crippen LogP contribution in [0.4, 0.5) is 11.4 Å². The van der Waals surface area contributed by atoms with Gasteiger partial charge in [0.15, 0.2) is 11.5 Å². The van der Waals surface area contributed by atoms with Gasteiger partial charge in [-0.2, -0.15) is 0 Å². The monoisotopic (exact) mass is 369 g/mol. The average Bonchev–Trinajstić information content (AvgIpc) is 2.66. The van der Waals surface area contributed by atoms with E-state index in [1.807, 2.05) is 48.3 Å². The topological polar surface area (TPSA) is 71.1 Å². The fraction of sp³-hybridized carbons (Fsp3) is 0.300. The summed E-state index contributed by atoms with van der Waals surface area (Å²) < 4.78 is 10.6. The third-order valence-electron chi connectivity index (χ3n) is 4.38. The zero-order valence-electron chi connectivity index (χ0n) is 15.7. The molecule has 1 aliphatic rings. The molecule has 0 spiro atoms. The summed E-state index contributed by atoms with van der Waals surface area (Å²) in [6, 6.07) is 13.0. The van der Waals surface area contributed by atoms with Gasteiger partial charge in [0.05, 0.1) is 32.1 Å². The molecule has 3 rings (SSSR count). The number of nitrogens with one attached hydrogen (secondary N) is 1. The van der Waals surface area contributed by atoms with Crippen LogP contribution in [0.1, 0.15) is 5.56 Å². The van der Waals surface area contributed by atoms with Crippen LogP contribution in [0.3, 0.4) is 0 Å². The van der Waals surface area contributed by atoms with Crippen molar-refractivity contribution in [3.63, 3.8) is 0 Å². The first kappa shape index (κ1) is 18.7. The standard InChI is InChI=1S/C20H23N3O4/c1-22(11-14-8-9-17(26-2)18(10-14)27-3)13-20(25)23-12-19(24)21-15-6-4-5-7-16(15)23/h4-10H,11-13H2,1-3H3,(H,21,24). The summed E-state index contributed by atoms with van der Waals surface area (Å²) in [6.07, 6.45) is 0. The number of anilines is 2. The Morgan fingerprint density at radius 1 is 1.15 bits per heavy atom. The van der Waals surface area contributed by atoms with Crippen molar-refractivity contribution < 1.29 is 19.1 Å². The van der Waals surface area contributed by atoms with Crippen LogP contribution >= 0.6 is 0 Å². The molecule has 0 aromatic heterocycles. The minimum Gasteiger partial charge on any atom is -0.493 e. The zero-order valence-corrected chi connectivity index (χ0v) is 15.7. The molecule has 0 bridgehead atoms. The zero-order chi connectivity index (χ0) is 19.4. The molecule has 2 amide bonds. The van der Waals surface area contributed by atoms with Crippen molar-refractivity contribution in [2.45, 2.75) is 6.54 Å². The number of ether oxygens (including phenoxy) is 2. The highest BCUT2D eigenvalue weighted by Gasteiger charge is 2.27. The maximum atomic E-state index is 12.8. The molecule has 0 saturated heterocycles. The van der Waals surface area contributed by atoms with Crippen molar-refractivity contribution in [3.05, 3.63) is 48.0 Å². The van der Waals surface area contributed by atoms with E-state index in [1.54, 1.807) is 20.3 Å². The summed E-state index contributed by atoms with van der Waals surface area (Å²) in [5.74, 6) is 0.997. The second kappa shape index (κ2) is 8.09. The number of hydrogen-bond donors (Lipinski definition) is 1. The van der Waals surface area contributed by atoms with Crippen LogP contribution < -0.4 is 19.7 Å². The number of methoxy groups -OCH3 is 2. The van der Waals surface area contributed by atoms with E-state index in [2.05, 4.69) is 5.32 Å². The molecule has 0 saturated carbocycles. The smallest absolute Gasteiger partial charge is 0.244 e. The Labute approximate surface area is 158 Å². The molecule has 0 atom stereocenters. The fourth-order valence-electron chi connectivity index (χ4n) is 3.12. The van der Waals surface area contributed by atoms with E-state index in [9.17, 15) is 9.59 Å². The summed E-state index contributed by atoms with van der Waals surface area (Å²) >= 11 is 0.